The first-order valence-electron chi connectivity index (χ1n) is 12.9. The predicted octanol–water partition coefficient (Wildman–Crippen LogP) is 1.22. The number of hydrogen-bond acceptors (Lipinski definition) is 9. The average Bonchev–Trinajstić information content (AvgIpc) is 3.19. The lowest BCUT2D eigenvalue weighted by Crippen LogP contribution is -2.65. The number of halogens is 1. The second-order valence-corrected chi connectivity index (χ2v) is 12.0. The Morgan fingerprint density at radius 1 is 1.25 bits per heavy atom. The van der Waals surface area contributed by atoms with Gasteiger partial charge in [-0.15, -0.1) is 28.5 Å². The van der Waals surface area contributed by atoms with Crippen LogP contribution in [0.3, 0.4) is 0 Å². The standard InChI is InChI=1S/C24H42ClN5O5S/c1-13(2)17-12-30(29-28-17)11-5-6-15-7-8-16(26-10-9-15)23(34)27-18(14(3)25)22-20(32)19(31)21(33)24(35-22)36-4/h12-16,18-22,24,26,31-33H,5-11H2,1-4H3,(H,27,34)/t14-,15-,16-,18+,19-,20+,21+,22?,24+/m0/s1. The number of nitrogens with one attached hydrogen (secondary N) is 2. The number of thioether (sulfide) groups is 1. The average molecular weight is 548 g/mol. The number of rotatable bonds is 10. The van der Waals surface area contributed by atoms with Crippen LogP contribution in [0.2, 0.25) is 0 Å². The van der Waals surface area contributed by atoms with Crippen LogP contribution < -0.4 is 10.6 Å². The molecule has 10 nitrogen and oxygen atoms in total. The summed E-state index contributed by atoms with van der Waals surface area (Å²) in [6, 6.07) is -1.10. The number of aryl methyl sites for hydroxylation is 1. The van der Waals surface area contributed by atoms with Crippen LogP contribution in [0, 0.1) is 5.92 Å². The largest absolute Gasteiger partial charge is 0.388 e. The van der Waals surface area contributed by atoms with Crippen molar-refractivity contribution in [2.24, 2.45) is 5.92 Å². The van der Waals surface area contributed by atoms with Gasteiger partial charge >= 0.3 is 0 Å². The van der Waals surface area contributed by atoms with E-state index in [4.69, 9.17) is 16.3 Å². The Morgan fingerprint density at radius 2 is 2.00 bits per heavy atom. The molecular formula is C24H42ClN5O5S. The van der Waals surface area contributed by atoms with Gasteiger partial charge in [0.2, 0.25) is 5.91 Å². The number of hydrogen-bond donors (Lipinski definition) is 5. The lowest BCUT2D eigenvalue weighted by atomic mass is 9.92. The molecule has 12 heteroatoms. The molecule has 2 saturated heterocycles. The first-order valence-corrected chi connectivity index (χ1v) is 14.6. The molecule has 9 atom stereocenters. The van der Waals surface area contributed by atoms with Gasteiger partial charge in [0, 0.05) is 12.7 Å². The Hall–Kier alpha value is -0.950. The van der Waals surface area contributed by atoms with Crippen LogP contribution in [-0.2, 0) is 16.1 Å². The fraction of sp³-hybridized carbons (Fsp3) is 0.875. The molecule has 1 aromatic heterocycles. The van der Waals surface area contributed by atoms with Gasteiger partial charge in [-0.3, -0.25) is 9.48 Å². The molecule has 1 amide bonds. The van der Waals surface area contributed by atoms with Gasteiger partial charge < -0.3 is 30.7 Å². The third kappa shape index (κ3) is 7.55. The normalized spacial score (nSPS) is 33.2. The van der Waals surface area contributed by atoms with E-state index in [0.717, 1.165) is 44.5 Å². The lowest BCUT2D eigenvalue weighted by molar-refractivity contribution is -0.205. The molecule has 2 aliphatic heterocycles. The molecule has 2 aliphatic rings. The van der Waals surface area contributed by atoms with Crippen molar-refractivity contribution >= 4 is 29.3 Å². The molecule has 0 aliphatic carbocycles. The fourth-order valence-corrected chi connectivity index (χ4v) is 5.83. The summed E-state index contributed by atoms with van der Waals surface area (Å²) in [5.74, 6) is 0.690. The van der Waals surface area contributed by atoms with Gasteiger partial charge in [-0.05, 0) is 63.7 Å². The minimum absolute atomic E-state index is 0.200. The number of ether oxygens (including phenoxy) is 1. The number of aliphatic hydroxyl groups excluding tert-OH is 3. The zero-order valence-corrected chi connectivity index (χ0v) is 23.2. The Kier molecular flexibility index (Phi) is 11.3. The number of aromatic nitrogens is 3. The van der Waals surface area contributed by atoms with E-state index in [1.165, 1.54) is 11.8 Å². The topological polar surface area (TPSA) is 142 Å². The van der Waals surface area contributed by atoms with Crippen LogP contribution in [0.25, 0.3) is 0 Å². The summed E-state index contributed by atoms with van der Waals surface area (Å²) in [5.41, 5.74) is 0.280. The second kappa shape index (κ2) is 13.7. The van der Waals surface area contributed by atoms with Gasteiger partial charge in [-0.25, -0.2) is 0 Å². The summed E-state index contributed by atoms with van der Waals surface area (Å²) in [7, 11) is 0. The zero-order valence-electron chi connectivity index (χ0n) is 21.6. The number of amides is 1. The monoisotopic (exact) mass is 547 g/mol. The maximum absolute atomic E-state index is 13.2. The predicted molar refractivity (Wildman–Crippen MR) is 140 cm³/mol. The number of carbonyl (C=O) groups is 1. The van der Waals surface area contributed by atoms with E-state index < -0.39 is 41.3 Å². The molecule has 36 heavy (non-hydrogen) atoms. The van der Waals surface area contributed by atoms with E-state index in [1.54, 1.807) is 13.2 Å². The fourth-order valence-electron chi connectivity index (χ4n) is 4.94. The minimum atomic E-state index is -1.39. The van der Waals surface area contributed by atoms with Crippen molar-refractivity contribution in [2.75, 3.05) is 12.8 Å². The summed E-state index contributed by atoms with van der Waals surface area (Å²) < 4.78 is 7.76. The summed E-state index contributed by atoms with van der Waals surface area (Å²) in [6.45, 7) is 7.50. The molecule has 0 radical (unpaired) electrons. The quantitative estimate of drug-likeness (QED) is 0.273. The third-order valence-corrected chi connectivity index (χ3v) is 8.39. The van der Waals surface area contributed by atoms with Gasteiger partial charge in [0.25, 0.3) is 0 Å². The Labute approximate surface area is 222 Å². The number of carbonyl (C=O) groups excluding carboxylic acids is 1. The zero-order chi connectivity index (χ0) is 26.4. The molecule has 206 valence electrons. The lowest BCUT2D eigenvalue weighted by Gasteiger charge is -2.44. The van der Waals surface area contributed by atoms with Crippen LogP contribution in [0.4, 0.5) is 0 Å². The number of alkyl halides is 1. The van der Waals surface area contributed by atoms with E-state index in [0.29, 0.717) is 18.3 Å². The van der Waals surface area contributed by atoms with Crippen molar-refractivity contribution in [1.29, 1.82) is 0 Å². The minimum Gasteiger partial charge on any atom is -0.388 e. The Balaban J connectivity index is 1.51. The van der Waals surface area contributed by atoms with E-state index >= 15 is 0 Å². The highest BCUT2D eigenvalue weighted by Crippen LogP contribution is 2.30. The summed E-state index contributed by atoms with van der Waals surface area (Å²) in [6.07, 6.45) is 3.53. The van der Waals surface area contributed by atoms with E-state index in [2.05, 4.69) is 34.8 Å². The van der Waals surface area contributed by atoms with Crippen molar-refractivity contribution in [3.63, 3.8) is 0 Å². The maximum Gasteiger partial charge on any atom is 0.237 e. The number of nitrogens with zero attached hydrogens (tertiary/aromatic N) is 3. The van der Waals surface area contributed by atoms with E-state index in [1.807, 2.05) is 10.9 Å². The maximum atomic E-state index is 13.2. The highest BCUT2D eigenvalue weighted by molar-refractivity contribution is 7.99. The van der Waals surface area contributed by atoms with Crippen LogP contribution >= 0.6 is 23.4 Å². The molecule has 0 saturated carbocycles. The van der Waals surface area contributed by atoms with Gasteiger partial charge in [-0.2, -0.15) is 0 Å². The Bertz CT molecular complexity index is 829. The molecule has 5 N–H and O–H groups in total. The Morgan fingerprint density at radius 3 is 2.64 bits per heavy atom. The first-order chi connectivity index (χ1) is 17.1. The van der Waals surface area contributed by atoms with Crippen LogP contribution in [-0.4, -0.2) is 96.3 Å². The highest BCUT2D eigenvalue weighted by atomic mass is 35.5. The molecule has 1 aromatic rings. The first kappa shape index (κ1) is 29.6. The molecule has 3 rings (SSSR count). The second-order valence-electron chi connectivity index (χ2n) is 10.3. The van der Waals surface area contributed by atoms with Crippen LogP contribution in [0.1, 0.15) is 64.5 Å². The molecule has 1 unspecified atom stereocenters. The molecule has 0 aromatic carbocycles. The summed E-state index contributed by atoms with van der Waals surface area (Å²) in [5, 5.41) is 45.2. The summed E-state index contributed by atoms with van der Waals surface area (Å²) in [4.78, 5) is 13.2. The molecule has 3 heterocycles. The molecule has 0 bridgehead atoms. The van der Waals surface area contributed by atoms with Crippen molar-refractivity contribution in [3.8, 4) is 0 Å². The van der Waals surface area contributed by atoms with Crippen LogP contribution in [0.5, 0.6) is 0 Å². The summed E-state index contributed by atoms with van der Waals surface area (Å²) >= 11 is 7.62. The van der Waals surface area contributed by atoms with Crippen molar-refractivity contribution in [2.45, 2.75) is 113 Å². The van der Waals surface area contributed by atoms with Crippen molar-refractivity contribution in [3.05, 3.63) is 11.9 Å². The molecular weight excluding hydrogens is 506 g/mol. The van der Waals surface area contributed by atoms with Crippen molar-refractivity contribution in [1.82, 2.24) is 25.6 Å². The number of aliphatic hydroxyl groups is 3. The van der Waals surface area contributed by atoms with E-state index in [-0.39, 0.29) is 11.9 Å². The van der Waals surface area contributed by atoms with E-state index in [9.17, 15) is 20.1 Å². The molecule has 0 spiro atoms. The van der Waals surface area contributed by atoms with Gasteiger partial charge in [0.1, 0.15) is 29.9 Å². The van der Waals surface area contributed by atoms with Crippen molar-refractivity contribution < 1.29 is 24.9 Å². The van der Waals surface area contributed by atoms with Crippen LogP contribution in [0.15, 0.2) is 6.20 Å². The highest BCUT2D eigenvalue weighted by Gasteiger charge is 2.48. The molecule has 2 fully saturated rings. The van der Waals surface area contributed by atoms with Gasteiger partial charge in [0.15, 0.2) is 0 Å². The third-order valence-electron chi connectivity index (χ3n) is 7.27. The van der Waals surface area contributed by atoms with Gasteiger partial charge in [-0.1, -0.05) is 19.1 Å². The SMILES string of the molecule is CS[C@H]1OC([C@H](NC(=O)[C@@H]2CC[C@H](CCCn3cc(C(C)C)nn3)CCN2)[C@H](C)Cl)[C@H](O)[C@H](O)[C@H]1O. The smallest absolute Gasteiger partial charge is 0.237 e. The van der Waals surface area contributed by atoms with Gasteiger partial charge in [0.05, 0.1) is 23.2 Å².